The molecule has 0 radical (unpaired) electrons. The second-order valence-electron chi connectivity index (χ2n) is 15.1. The Morgan fingerprint density at radius 1 is 1.02 bits per heavy atom. The summed E-state index contributed by atoms with van der Waals surface area (Å²) in [5.41, 5.74) is 7.49. The van der Waals surface area contributed by atoms with Crippen LogP contribution in [0.1, 0.15) is 63.3 Å². The number of halogens is 2. The average molecular weight is 815 g/mol. The molecule has 3 saturated heterocycles. The predicted octanol–water partition coefficient (Wildman–Crippen LogP) is 7.08. The molecule has 7 heterocycles. The molecule has 11 rings (SSSR count). The van der Waals surface area contributed by atoms with Crippen molar-refractivity contribution >= 4 is 55.4 Å². The highest BCUT2D eigenvalue weighted by Crippen LogP contribution is 2.53. The van der Waals surface area contributed by atoms with E-state index in [-0.39, 0.29) is 51.4 Å². The number of nitrogens with zero attached hydrogens (tertiary/aromatic N) is 9. The number of aryl methyl sites for hydroxylation is 1. The van der Waals surface area contributed by atoms with Crippen LogP contribution in [0, 0.1) is 24.0 Å². The Morgan fingerprint density at radius 2 is 1.86 bits per heavy atom. The highest BCUT2D eigenvalue weighted by molar-refractivity contribution is 7.89. The van der Waals surface area contributed by atoms with E-state index in [1.165, 1.54) is 50.0 Å². The zero-order valence-corrected chi connectivity index (χ0v) is 33.4. The molecule has 13 nitrogen and oxygen atoms in total. The Kier molecular flexibility index (Phi) is 10.0. The van der Waals surface area contributed by atoms with Crippen LogP contribution in [-0.4, -0.2) is 77.9 Å². The molecule has 2 N–H and O–H groups in total. The third-order valence-electron chi connectivity index (χ3n) is 11.4. The molecule has 0 amide bonds. The van der Waals surface area contributed by atoms with Crippen molar-refractivity contribution in [2.75, 3.05) is 18.9 Å². The first-order chi connectivity index (χ1) is 28.7. The maximum absolute atomic E-state index is 16.1. The normalized spacial score (nSPS) is 18.9. The fraction of sp³-hybridized carbons (Fsp3) is 0.333. The number of terminal acetylenes is 1. The molecular formula is C42H41BF2N10O3S. The molecule has 300 valence electrons. The minimum atomic E-state index is -3.92. The monoisotopic (exact) mass is 814 g/mol. The molecule has 59 heavy (non-hydrogen) atoms. The van der Waals surface area contributed by atoms with Crippen LogP contribution in [0.25, 0.3) is 44.0 Å². The summed E-state index contributed by atoms with van der Waals surface area (Å²) in [6.07, 6.45) is 16.8. The molecule has 4 aromatic heterocycles. The number of imidazole rings is 1. The lowest BCUT2D eigenvalue weighted by molar-refractivity contribution is 0.281. The van der Waals surface area contributed by atoms with Crippen LogP contribution in [0.4, 0.5) is 14.6 Å². The number of nitrogens with two attached hydrogens (primary N) is 1. The number of aromatic nitrogens is 8. The van der Waals surface area contributed by atoms with E-state index in [2.05, 4.69) is 40.7 Å². The highest BCUT2D eigenvalue weighted by atomic mass is 32.2. The van der Waals surface area contributed by atoms with Crippen molar-refractivity contribution < 1.29 is 21.9 Å². The molecule has 3 aromatic carbocycles. The standard InChI is InChI=1S/C34H25F2N9O3S.C6H10BN.C2H6/c1-2-22-25(35)11-9-19-5-3-6-23(28(19)22)30-29(36)31-24(16-38-30)32(37)42-34(41-31)48-14-4-13-44-17-39-26-15-21(10-12-27(26)44)49(46,47)45-18-40-33(43-45)20-7-8-20;1-2-6-4-8(6)7-3-5(1)7;1-2/h1,3,5-6,9-12,15-18,20H,4,7-8,13-14H2,(H2,37,41,42);5-6H,1-4H2;1-2H3. The van der Waals surface area contributed by atoms with Crippen LogP contribution in [0.5, 0.6) is 6.01 Å². The summed E-state index contributed by atoms with van der Waals surface area (Å²) in [7, 11) is -3.92. The highest BCUT2D eigenvalue weighted by Gasteiger charge is 2.57. The topological polar surface area (TPSA) is 160 Å². The Labute approximate surface area is 340 Å². The van der Waals surface area contributed by atoms with Gasteiger partial charge in [0, 0.05) is 42.2 Å². The van der Waals surface area contributed by atoms with Crippen molar-refractivity contribution in [2.45, 2.75) is 81.5 Å². The molecule has 4 aliphatic rings. The maximum atomic E-state index is 16.1. The number of rotatable bonds is 9. The second kappa shape index (κ2) is 15.3. The van der Waals surface area contributed by atoms with Crippen LogP contribution in [-0.2, 0) is 16.6 Å². The lowest BCUT2D eigenvalue weighted by Crippen LogP contribution is -2.14. The van der Waals surface area contributed by atoms with Crippen LogP contribution < -0.4 is 10.5 Å². The van der Waals surface area contributed by atoms with Crippen molar-refractivity contribution in [1.29, 1.82) is 0 Å². The molecule has 3 unspecified atom stereocenters. The predicted molar refractivity (Wildman–Crippen MR) is 222 cm³/mol. The van der Waals surface area contributed by atoms with Crippen LogP contribution in [0.3, 0.4) is 0 Å². The number of pyridine rings is 1. The van der Waals surface area contributed by atoms with E-state index < -0.39 is 21.7 Å². The first-order valence-corrected chi connectivity index (χ1v) is 21.4. The van der Waals surface area contributed by atoms with Gasteiger partial charge in [-0.25, -0.2) is 18.7 Å². The van der Waals surface area contributed by atoms with Crippen LogP contribution in [0.2, 0.25) is 12.1 Å². The average Bonchev–Trinajstić information content (AvgIpc) is 4.20. The summed E-state index contributed by atoms with van der Waals surface area (Å²) in [5, 5.41) is 5.34. The smallest absolute Gasteiger partial charge is 0.319 e. The van der Waals surface area contributed by atoms with Gasteiger partial charge in [0.1, 0.15) is 29.2 Å². The lowest BCUT2D eigenvalue weighted by Gasteiger charge is -2.12. The van der Waals surface area contributed by atoms with Gasteiger partial charge in [0.25, 0.3) is 10.0 Å². The van der Waals surface area contributed by atoms with Gasteiger partial charge in [0.2, 0.25) is 6.85 Å². The fourth-order valence-corrected chi connectivity index (χ4v) is 9.09. The number of hydrogen-bond acceptors (Lipinski definition) is 11. The Morgan fingerprint density at radius 3 is 2.66 bits per heavy atom. The van der Waals surface area contributed by atoms with Crippen molar-refractivity contribution in [2.24, 2.45) is 0 Å². The van der Waals surface area contributed by atoms with Crippen molar-refractivity contribution in [3.8, 4) is 29.6 Å². The van der Waals surface area contributed by atoms with E-state index in [4.69, 9.17) is 16.9 Å². The van der Waals surface area contributed by atoms with Crippen molar-refractivity contribution in [1.82, 2.24) is 43.5 Å². The molecule has 1 aliphatic carbocycles. The number of nitrogen functional groups attached to an aromatic ring is 1. The van der Waals surface area contributed by atoms with Gasteiger partial charge in [0.15, 0.2) is 11.6 Å². The van der Waals surface area contributed by atoms with Gasteiger partial charge in [-0.05, 0) is 55.3 Å². The van der Waals surface area contributed by atoms with E-state index >= 15 is 4.39 Å². The lowest BCUT2D eigenvalue weighted by atomic mass is 9.79. The Balaban J connectivity index is 0.000000390. The minimum Gasteiger partial charge on any atom is -0.463 e. The Hall–Kier alpha value is -5.99. The zero-order chi connectivity index (χ0) is 41.0. The molecule has 0 bridgehead atoms. The van der Waals surface area contributed by atoms with Gasteiger partial charge in [-0.1, -0.05) is 62.6 Å². The van der Waals surface area contributed by atoms with E-state index in [9.17, 15) is 12.8 Å². The van der Waals surface area contributed by atoms with Gasteiger partial charge < -0.3 is 19.8 Å². The van der Waals surface area contributed by atoms with Gasteiger partial charge in [0.05, 0.1) is 39.8 Å². The second-order valence-corrected chi connectivity index (χ2v) is 16.9. The molecule has 0 spiro atoms. The van der Waals surface area contributed by atoms with E-state index in [1.54, 1.807) is 43.1 Å². The van der Waals surface area contributed by atoms with Crippen LogP contribution >= 0.6 is 0 Å². The van der Waals surface area contributed by atoms with Gasteiger partial charge in [-0.15, -0.1) is 15.6 Å². The summed E-state index contributed by atoms with van der Waals surface area (Å²) >= 11 is 0. The third kappa shape index (κ3) is 7.24. The van der Waals surface area contributed by atoms with Gasteiger partial charge in [-0.2, -0.15) is 18.4 Å². The molecule has 17 heteroatoms. The third-order valence-corrected chi connectivity index (χ3v) is 12.9. The number of ether oxygens (including phenoxy) is 1. The summed E-state index contributed by atoms with van der Waals surface area (Å²) in [4.78, 5) is 24.0. The fourth-order valence-electron chi connectivity index (χ4n) is 8.01. The minimum absolute atomic E-state index is 0.00536. The summed E-state index contributed by atoms with van der Waals surface area (Å²) < 4.78 is 65.5. The summed E-state index contributed by atoms with van der Waals surface area (Å²) in [5.74, 6) is 2.88. The zero-order valence-electron chi connectivity index (χ0n) is 32.6. The molecular weight excluding hydrogens is 773 g/mol. The number of benzene rings is 3. The quantitative estimate of drug-likeness (QED) is 0.0687. The molecule has 4 fully saturated rings. The van der Waals surface area contributed by atoms with E-state index in [1.807, 2.05) is 18.4 Å². The van der Waals surface area contributed by atoms with Gasteiger partial charge in [-0.3, -0.25) is 4.98 Å². The Bertz CT molecular complexity index is 2900. The number of fused-ring (bicyclic) bond motifs is 6. The summed E-state index contributed by atoms with van der Waals surface area (Å²) in [6, 6.07) is 13.5. The number of anilines is 1. The van der Waals surface area contributed by atoms with Crippen molar-refractivity contribution in [3.63, 3.8) is 0 Å². The molecule has 3 atom stereocenters. The molecule has 3 aliphatic heterocycles. The SMILES string of the molecule is C#Cc1c(F)ccc2cccc(-c3ncc4c(N)nc(OCCCn5cnc6cc(S(=O)(=O)n7cnc(C8CC8)n7)ccc65)nc4c3F)c12.C1CC2CN2B2CC12.CC. The molecule has 7 aromatic rings. The molecule has 1 saturated carbocycles. The van der Waals surface area contributed by atoms with E-state index in [0.29, 0.717) is 40.6 Å². The van der Waals surface area contributed by atoms with E-state index in [0.717, 1.165) is 41.2 Å². The largest absolute Gasteiger partial charge is 0.463 e. The van der Waals surface area contributed by atoms with Crippen LogP contribution in [0.15, 0.2) is 72.3 Å². The van der Waals surface area contributed by atoms with Gasteiger partial charge >= 0.3 is 6.01 Å². The maximum Gasteiger partial charge on any atom is 0.319 e. The summed E-state index contributed by atoms with van der Waals surface area (Å²) in [6.45, 7) is 7.15. The first-order valence-electron chi connectivity index (χ1n) is 20.0. The first kappa shape index (κ1) is 38.5. The number of hydrogen-bond donors (Lipinski definition) is 1. The van der Waals surface area contributed by atoms with Crippen molar-refractivity contribution in [3.05, 3.63) is 90.4 Å².